The molecular weight excluding hydrogens is 824 g/mol. The number of Topliss-reactive ketones (excluding diaryl/α,β-unsaturated/α-hetero) is 1. The molecule has 2 aromatic carbocycles. The van der Waals surface area contributed by atoms with Gasteiger partial charge in [-0.3, -0.25) is 4.79 Å². The zero-order valence-electron chi connectivity index (χ0n) is 24.5. The van der Waals surface area contributed by atoms with Gasteiger partial charge in [-0.1, -0.05) is 51.6 Å². The SMILES string of the molecule is CON=C(c1cn(-c2c(Cl)cc(C(F)(F)F)cc2Cl)nc1C#N)C(F)(F)F.N#Cc1nn(-c2c(Cl)cc(C(F)(F)F)cc2Cl)cc1C(=O)C(F)(F)F. The minimum atomic E-state index is -5.27. The fourth-order valence-corrected chi connectivity index (χ4v) is 5.20. The van der Waals surface area contributed by atoms with Gasteiger partial charge in [0.25, 0.3) is 5.78 Å². The quantitative estimate of drug-likeness (QED) is 0.0855. The van der Waals surface area contributed by atoms with Crippen LogP contribution in [0.4, 0.5) is 52.7 Å². The number of nitriles is 2. The van der Waals surface area contributed by atoms with Gasteiger partial charge in [0.2, 0.25) is 0 Å². The third kappa shape index (κ3) is 9.20. The summed E-state index contributed by atoms with van der Waals surface area (Å²) in [6.07, 6.45) is -18.5. The Balaban J connectivity index is 0.000000281. The first kappa shape index (κ1) is 41.7. The van der Waals surface area contributed by atoms with Gasteiger partial charge in [-0.15, -0.1) is 0 Å². The van der Waals surface area contributed by atoms with Crippen LogP contribution >= 0.6 is 46.4 Å². The van der Waals surface area contributed by atoms with Gasteiger partial charge >= 0.3 is 24.7 Å². The molecule has 0 saturated heterocycles. The third-order valence-corrected chi connectivity index (χ3v) is 7.15. The van der Waals surface area contributed by atoms with Crippen molar-refractivity contribution in [2.75, 3.05) is 7.11 Å². The summed E-state index contributed by atoms with van der Waals surface area (Å²) in [5.74, 6) is -2.34. The smallest absolute Gasteiger partial charge is 0.399 e. The van der Waals surface area contributed by atoms with Crippen LogP contribution in [-0.2, 0) is 17.2 Å². The van der Waals surface area contributed by atoms with Crippen molar-refractivity contribution in [3.05, 3.63) is 90.4 Å². The molecule has 4 rings (SSSR count). The molecule has 0 bridgehead atoms. The highest BCUT2D eigenvalue weighted by molar-refractivity contribution is 6.38. The van der Waals surface area contributed by atoms with E-state index in [1.807, 2.05) is 0 Å². The Hall–Kier alpha value is -4.70. The van der Waals surface area contributed by atoms with Crippen molar-refractivity contribution in [3.63, 3.8) is 0 Å². The fourth-order valence-electron chi connectivity index (χ4n) is 3.88. The predicted molar refractivity (Wildman–Crippen MR) is 157 cm³/mol. The molecule has 0 amide bonds. The first-order chi connectivity index (χ1) is 23.8. The molecule has 0 aliphatic heterocycles. The fraction of sp³-hybridized carbons (Fsp3) is 0.185. The lowest BCUT2D eigenvalue weighted by molar-refractivity contribution is -0.138. The molecule has 2 heterocycles. The van der Waals surface area contributed by atoms with E-state index in [-0.39, 0.29) is 5.69 Å². The summed E-state index contributed by atoms with van der Waals surface area (Å²) in [6, 6.07) is 4.77. The van der Waals surface area contributed by atoms with E-state index < -0.39 is 95.6 Å². The number of alkyl halides is 12. The predicted octanol–water partition coefficient (Wildman–Crippen LogP) is 9.80. The Bertz CT molecular complexity index is 2090. The maximum Gasteiger partial charge on any atom is 0.455 e. The highest BCUT2D eigenvalue weighted by Crippen LogP contribution is 2.39. The van der Waals surface area contributed by atoms with Gasteiger partial charge in [-0.25, -0.2) is 9.36 Å². The summed E-state index contributed by atoms with van der Waals surface area (Å²) in [7, 11) is 0.867. The van der Waals surface area contributed by atoms with Crippen molar-refractivity contribution in [3.8, 4) is 23.5 Å². The van der Waals surface area contributed by atoms with Crippen LogP contribution in [0.25, 0.3) is 11.4 Å². The number of benzene rings is 2. The molecule has 0 unspecified atom stereocenters. The van der Waals surface area contributed by atoms with E-state index in [4.69, 9.17) is 56.9 Å². The van der Waals surface area contributed by atoms with E-state index >= 15 is 0 Å². The summed E-state index contributed by atoms with van der Waals surface area (Å²) < 4.78 is 155. The molecule has 0 radical (unpaired) electrons. The standard InChI is InChI=1S/C14H6Cl2F6N4O.C13H3Cl2F6N3O/c1-27-25-12(14(20,21)22)7-5-26(24-10(7)4-23)11-8(15)2-6(3-9(11)16)13(17,18)19;14-7-1-5(12(16,17)18)2-8(15)10(7)24-4-6(9(3-22)23-24)11(25)13(19,20)21/h2-3,5H,1H3;1-2,4H. The molecule has 52 heavy (non-hydrogen) atoms. The summed E-state index contributed by atoms with van der Waals surface area (Å²) in [6.45, 7) is 0. The monoisotopic (exact) mass is 831 g/mol. The second-order valence-electron chi connectivity index (χ2n) is 9.42. The molecule has 0 spiro atoms. The number of rotatable bonds is 5. The topological polar surface area (TPSA) is 122 Å². The van der Waals surface area contributed by atoms with Crippen LogP contribution in [0.2, 0.25) is 20.1 Å². The Kier molecular flexibility index (Phi) is 12.1. The molecule has 0 N–H and O–H groups in total. The number of carbonyl (C=O) groups is 1. The second-order valence-corrected chi connectivity index (χ2v) is 11.0. The van der Waals surface area contributed by atoms with E-state index in [1.54, 1.807) is 0 Å². The summed E-state index contributed by atoms with van der Waals surface area (Å²) in [5.41, 5.74) is -8.10. The van der Waals surface area contributed by atoms with Crippen LogP contribution in [0.1, 0.15) is 38.4 Å². The highest BCUT2D eigenvalue weighted by atomic mass is 35.5. The number of hydrogen-bond donors (Lipinski definition) is 0. The van der Waals surface area contributed by atoms with Gasteiger partial charge in [0.15, 0.2) is 17.1 Å². The van der Waals surface area contributed by atoms with Crippen molar-refractivity contribution in [1.29, 1.82) is 10.5 Å². The summed E-state index contributed by atoms with van der Waals surface area (Å²) in [5, 5.41) is 25.5. The maximum atomic E-state index is 13.1. The van der Waals surface area contributed by atoms with Crippen LogP contribution in [0.3, 0.4) is 0 Å². The molecule has 0 atom stereocenters. The summed E-state index contributed by atoms with van der Waals surface area (Å²) >= 11 is 23.0. The van der Waals surface area contributed by atoms with E-state index in [0.717, 1.165) is 7.11 Å². The molecule has 276 valence electrons. The Labute approximate surface area is 300 Å². The van der Waals surface area contributed by atoms with Gasteiger partial charge in [0.05, 0.1) is 42.3 Å². The average molecular weight is 833 g/mol. The van der Waals surface area contributed by atoms with E-state index in [9.17, 15) is 57.5 Å². The molecular formula is C27H9Cl4F12N7O2. The van der Waals surface area contributed by atoms with Gasteiger partial charge in [0, 0.05) is 12.4 Å². The number of ketones is 1. The van der Waals surface area contributed by atoms with Crippen LogP contribution in [0.5, 0.6) is 0 Å². The van der Waals surface area contributed by atoms with Crippen molar-refractivity contribution >= 4 is 57.9 Å². The number of oxime groups is 1. The molecule has 0 fully saturated rings. The molecule has 9 nitrogen and oxygen atoms in total. The van der Waals surface area contributed by atoms with Crippen LogP contribution < -0.4 is 0 Å². The lowest BCUT2D eigenvalue weighted by atomic mass is 10.1. The number of nitrogens with zero attached hydrogens (tertiary/aromatic N) is 7. The van der Waals surface area contributed by atoms with E-state index in [1.165, 1.54) is 12.1 Å². The molecule has 2 aromatic heterocycles. The first-order valence-electron chi connectivity index (χ1n) is 12.7. The molecule has 0 saturated carbocycles. The molecule has 0 aliphatic rings. The number of halogens is 16. The van der Waals surface area contributed by atoms with Crippen LogP contribution in [-0.4, -0.2) is 50.5 Å². The van der Waals surface area contributed by atoms with Crippen molar-refractivity contribution in [2.24, 2.45) is 5.16 Å². The zero-order valence-corrected chi connectivity index (χ0v) is 27.5. The second kappa shape index (κ2) is 15.1. The third-order valence-electron chi connectivity index (χ3n) is 6.00. The van der Waals surface area contributed by atoms with Crippen molar-refractivity contribution in [2.45, 2.75) is 24.7 Å². The molecule has 25 heteroatoms. The van der Waals surface area contributed by atoms with Crippen LogP contribution in [0, 0.1) is 22.7 Å². The molecule has 4 aromatic rings. The Morgan fingerprint density at radius 2 is 1.02 bits per heavy atom. The highest BCUT2D eigenvalue weighted by Gasteiger charge is 2.43. The van der Waals surface area contributed by atoms with E-state index in [0.29, 0.717) is 46.0 Å². The normalized spacial score (nSPS) is 12.5. The minimum absolute atomic E-state index is 0.340. The van der Waals surface area contributed by atoms with Gasteiger partial charge in [0.1, 0.15) is 30.6 Å². The van der Waals surface area contributed by atoms with Gasteiger partial charge < -0.3 is 4.84 Å². The van der Waals surface area contributed by atoms with Crippen LogP contribution in [0.15, 0.2) is 41.8 Å². The van der Waals surface area contributed by atoms with Crippen molar-refractivity contribution in [1.82, 2.24) is 19.6 Å². The molecule has 0 aliphatic carbocycles. The van der Waals surface area contributed by atoms with Gasteiger partial charge in [-0.05, 0) is 24.3 Å². The summed E-state index contributed by atoms with van der Waals surface area (Å²) in [4.78, 5) is 15.4. The lowest BCUT2D eigenvalue weighted by Gasteiger charge is -2.12. The first-order valence-corrected chi connectivity index (χ1v) is 14.2. The lowest BCUT2D eigenvalue weighted by Crippen LogP contribution is -2.24. The van der Waals surface area contributed by atoms with E-state index in [2.05, 4.69) is 20.2 Å². The largest absolute Gasteiger partial charge is 0.455 e. The maximum absolute atomic E-state index is 13.1. The average Bonchev–Trinajstić information content (AvgIpc) is 3.61. The number of carbonyl (C=O) groups excluding carboxylic acids is 1. The number of hydrogen-bond acceptors (Lipinski definition) is 7. The Morgan fingerprint density at radius 1 is 0.673 bits per heavy atom. The minimum Gasteiger partial charge on any atom is -0.399 e. The Morgan fingerprint density at radius 3 is 1.31 bits per heavy atom. The van der Waals surface area contributed by atoms with Gasteiger partial charge in [-0.2, -0.15) is 73.4 Å². The zero-order chi connectivity index (χ0) is 39.7. The van der Waals surface area contributed by atoms with Crippen molar-refractivity contribution < 1.29 is 62.3 Å². The number of aromatic nitrogens is 4.